The summed E-state index contributed by atoms with van der Waals surface area (Å²) in [6.45, 7) is 8.99. The van der Waals surface area contributed by atoms with E-state index >= 15 is 0 Å². The van der Waals surface area contributed by atoms with Crippen molar-refractivity contribution in [1.29, 1.82) is 0 Å². The van der Waals surface area contributed by atoms with Gasteiger partial charge in [0, 0.05) is 5.92 Å². The Morgan fingerprint density at radius 1 is 1.22 bits per heavy atom. The lowest BCUT2D eigenvalue weighted by molar-refractivity contribution is 0.0844. The lowest BCUT2D eigenvalue weighted by Gasteiger charge is -2.10. The van der Waals surface area contributed by atoms with E-state index in [0.717, 1.165) is 12.3 Å². The van der Waals surface area contributed by atoms with E-state index in [-0.39, 0.29) is 12.5 Å². The lowest BCUT2D eigenvalue weighted by atomic mass is 9.97. The first kappa shape index (κ1) is 17.0. The molecular formula is C15H28O3. The fraction of sp³-hybridized carbons (Fsp3) is 0.800. The Hall–Kier alpha value is -0.990. The van der Waals surface area contributed by atoms with Crippen LogP contribution in [-0.4, -0.2) is 17.9 Å². The summed E-state index contributed by atoms with van der Waals surface area (Å²) in [7, 11) is 0. The minimum atomic E-state index is -1.20. The van der Waals surface area contributed by atoms with Crippen molar-refractivity contribution < 1.29 is 14.6 Å². The summed E-state index contributed by atoms with van der Waals surface area (Å²) in [6.07, 6.45) is 7.93. The van der Waals surface area contributed by atoms with Crippen LogP contribution in [0.2, 0.25) is 0 Å². The molecule has 0 bridgehead atoms. The molecule has 0 saturated carbocycles. The largest absolute Gasteiger partial charge is 0.505 e. The quantitative estimate of drug-likeness (QED) is 0.479. The predicted octanol–water partition coefficient (Wildman–Crippen LogP) is 4.73. The molecule has 2 atom stereocenters. The maximum absolute atomic E-state index is 10.2. The first-order valence-electron chi connectivity index (χ1n) is 6.94. The molecule has 0 aliphatic rings. The molecule has 0 aromatic heterocycles. The Labute approximate surface area is 111 Å². The normalized spacial score (nSPS) is 14.9. The molecule has 0 aliphatic carbocycles. The molecule has 0 saturated heterocycles. The molecule has 0 radical (unpaired) electrons. The maximum atomic E-state index is 10.2. The highest BCUT2D eigenvalue weighted by molar-refractivity contribution is 5.56. The van der Waals surface area contributed by atoms with E-state index in [1.54, 1.807) is 0 Å². The monoisotopic (exact) mass is 256 g/mol. The van der Waals surface area contributed by atoms with Crippen molar-refractivity contribution in [3.63, 3.8) is 0 Å². The number of carbonyl (C=O) groups is 1. The fourth-order valence-electron chi connectivity index (χ4n) is 1.79. The van der Waals surface area contributed by atoms with E-state index in [1.165, 1.54) is 19.3 Å². The van der Waals surface area contributed by atoms with E-state index in [4.69, 9.17) is 5.11 Å². The number of rotatable bonds is 9. The number of hydrogen-bond acceptors (Lipinski definition) is 2. The van der Waals surface area contributed by atoms with Gasteiger partial charge in [-0.1, -0.05) is 59.1 Å². The molecule has 0 unspecified atom stereocenters. The molecule has 0 rings (SSSR count). The smallest absolute Gasteiger partial charge is 0.450 e. The zero-order valence-electron chi connectivity index (χ0n) is 12.2. The van der Waals surface area contributed by atoms with Gasteiger partial charge in [-0.25, -0.2) is 4.79 Å². The van der Waals surface area contributed by atoms with Gasteiger partial charge in [-0.3, -0.25) is 0 Å². The summed E-state index contributed by atoms with van der Waals surface area (Å²) in [5.41, 5.74) is 0. The summed E-state index contributed by atoms with van der Waals surface area (Å²) in [5, 5.41) is 8.37. The Bertz CT molecular complexity index is 246. The third-order valence-electron chi connectivity index (χ3n) is 2.95. The average molecular weight is 256 g/mol. The molecule has 18 heavy (non-hydrogen) atoms. The Morgan fingerprint density at radius 3 is 2.44 bits per heavy atom. The molecule has 106 valence electrons. The van der Waals surface area contributed by atoms with Gasteiger partial charge in [0.1, 0.15) is 6.61 Å². The third-order valence-corrected chi connectivity index (χ3v) is 2.95. The second-order valence-corrected chi connectivity index (χ2v) is 5.65. The topological polar surface area (TPSA) is 46.5 Å². The number of ether oxygens (including phenoxy) is 1. The van der Waals surface area contributed by atoms with Gasteiger partial charge < -0.3 is 9.84 Å². The van der Waals surface area contributed by atoms with E-state index in [0.29, 0.717) is 5.92 Å². The highest BCUT2D eigenvalue weighted by Gasteiger charge is 2.03. The average Bonchev–Trinajstić information content (AvgIpc) is 2.25. The van der Waals surface area contributed by atoms with Crippen LogP contribution in [-0.2, 0) is 4.74 Å². The summed E-state index contributed by atoms with van der Waals surface area (Å²) >= 11 is 0. The van der Waals surface area contributed by atoms with Gasteiger partial charge in [-0.15, -0.1) is 0 Å². The summed E-state index contributed by atoms with van der Waals surface area (Å²) in [5.74, 6) is 1.65. The molecule has 0 amide bonds. The van der Waals surface area contributed by atoms with Crippen LogP contribution in [0, 0.1) is 17.8 Å². The van der Waals surface area contributed by atoms with Gasteiger partial charge in [-0.05, 0) is 18.3 Å². The molecule has 0 aromatic carbocycles. The summed E-state index contributed by atoms with van der Waals surface area (Å²) in [4.78, 5) is 10.2. The zero-order chi connectivity index (χ0) is 14.0. The molecule has 0 aromatic rings. The highest BCUT2D eigenvalue weighted by Crippen LogP contribution is 2.16. The SMILES string of the molecule is CC(C)CCC[C@@H](C)CC=C[C@@H](C)COC(=O)O. The van der Waals surface area contributed by atoms with Crippen molar-refractivity contribution in [3.05, 3.63) is 12.2 Å². The van der Waals surface area contributed by atoms with Gasteiger partial charge in [-0.2, -0.15) is 0 Å². The number of hydrogen-bond donors (Lipinski definition) is 1. The molecule has 0 fully saturated rings. The molecule has 3 heteroatoms. The number of carboxylic acid groups (broad SMARTS) is 1. The van der Waals surface area contributed by atoms with Crippen molar-refractivity contribution in [2.24, 2.45) is 17.8 Å². The molecule has 0 spiro atoms. The van der Waals surface area contributed by atoms with E-state index in [2.05, 4.69) is 31.6 Å². The molecule has 0 heterocycles. The van der Waals surface area contributed by atoms with Crippen molar-refractivity contribution >= 4 is 6.16 Å². The van der Waals surface area contributed by atoms with Gasteiger partial charge in [0.2, 0.25) is 0 Å². The second-order valence-electron chi connectivity index (χ2n) is 5.65. The van der Waals surface area contributed by atoms with Crippen LogP contribution in [0.25, 0.3) is 0 Å². The van der Waals surface area contributed by atoms with Gasteiger partial charge in [0.15, 0.2) is 0 Å². The van der Waals surface area contributed by atoms with Crippen LogP contribution in [0.3, 0.4) is 0 Å². The van der Waals surface area contributed by atoms with Crippen LogP contribution in [0.15, 0.2) is 12.2 Å². The van der Waals surface area contributed by atoms with E-state index < -0.39 is 6.16 Å². The van der Waals surface area contributed by atoms with Gasteiger partial charge >= 0.3 is 6.16 Å². The van der Waals surface area contributed by atoms with Crippen LogP contribution in [0.4, 0.5) is 4.79 Å². The summed E-state index contributed by atoms with van der Waals surface area (Å²) in [6, 6.07) is 0. The minimum Gasteiger partial charge on any atom is -0.450 e. The number of allylic oxidation sites excluding steroid dienone is 1. The first-order valence-corrected chi connectivity index (χ1v) is 6.94. The van der Waals surface area contributed by atoms with E-state index in [9.17, 15) is 4.79 Å². The van der Waals surface area contributed by atoms with Gasteiger partial charge in [0.05, 0.1) is 0 Å². The second kappa shape index (κ2) is 9.98. The van der Waals surface area contributed by atoms with Crippen molar-refractivity contribution in [2.45, 2.75) is 53.4 Å². The van der Waals surface area contributed by atoms with Crippen LogP contribution in [0.1, 0.15) is 53.4 Å². The van der Waals surface area contributed by atoms with Crippen molar-refractivity contribution in [1.82, 2.24) is 0 Å². The lowest BCUT2D eigenvalue weighted by Crippen LogP contribution is -2.07. The Balaban J connectivity index is 3.63. The van der Waals surface area contributed by atoms with E-state index in [1.807, 2.05) is 13.0 Å². The Kier molecular flexibility index (Phi) is 9.43. The standard InChI is InChI=1S/C15H28O3/c1-12(2)7-5-8-13(3)9-6-10-14(4)11-18-15(16)17/h6,10,12-14H,5,7-9,11H2,1-4H3,(H,16,17)/t13-,14-/m1/s1. The summed E-state index contributed by atoms with van der Waals surface area (Å²) < 4.78 is 4.52. The van der Waals surface area contributed by atoms with Crippen LogP contribution in [0.5, 0.6) is 0 Å². The zero-order valence-corrected chi connectivity index (χ0v) is 12.2. The van der Waals surface area contributed by atoms with Crippen molar-refractivity contribution in [3.8, 4) is 0 Å². The first-order chi connectivity index (χ1) is 8.41. The van der Waals surface area contributed by atoms with Gasteiger partial charge in [0.25, 0.3) is 0 Å². The van der Waals surface area contributed by atoms with Crippen LogP contribution < -0.4 is 0 Å². The fourth-order valence-corrected chi connectivity index (χ4v) is 1.79. The molecule has 0 aliphatic heterocycles. The maximum Gasteiger partial charge on any atom is 0.505 e. The predicted molar refractivity (Wildman–Crippen MR) is 74.8 cm³/mol. The molecule has 1 N–H and O–H groups in total. The highest BCUT2D eigenvalue weighted by atomic mass is 16.7. The minimum absolute atomic E-state index is 0.156. The molecular weight excluding hydrogens is 228 g/mol. The van der Waals surface area contributed by atoms with Crippen LogP contribution >= 0.6 is 0 Å². The third kappa shape index (κ3) is 11.5. The Morgan fingerprint density at radius 2 is 1.89 bits per heavy atom. The van der Waals surface area contributed by atoms with Crippen molar-refractivity contribution in [2.75, 3.05) is 6.61 Å². The molecule has 3 nitrogen and oxygen atoms in total.